The normalized spacial score (nSPS) is 18.3. The third kappa shape index (κ3) is 4.67. The van der Waals surface area contributed by atoms with Crippen molar-refractivity contribution in [1.29, 1.82) is 0 Å². The zero-order valence-corrected chi connectivity index (χ0v) is 17.0. The van der Waals surface area contributed by atoms with E-state index < -0.39 is 0 Å². The Hall–Kier alpha value is -1.37. The average molecular weight is 380 g/mol. The van der Waals surface area contributed by atoms with E-state index in [0.29, 0.717) is 11.1 Å². The van der Waals surface area contributed by atoms with Crippen LogP contribution in [0.25, 0.3) is 11.4 Å². The lowest BCUT2D eigenvalue weighted by Gasteiger charge is -2.16. The summed E-state index contributed by atoms with van der Waals surface area (Å²) in [7, 11) is 1.87. The molecule has 1 unspecified atom stereocenters. The van der Waals surface area contributed by atoms with Crippen molar-refractivity contribution in [3.05, 3.63) is 22.5 Å². The number of rotatable bonds is 8. The number of halogens is 1. The zero-order chi connectivity index (χ0) is 18.7. The summed E-state index contributed by atoms with van der Waals surface area (Å²) in [5.41, 5.74) is 2.62. The van der Waals surface area contributed by atoms with Gasteiger partial charge in [-0.3, -0.25) is 9.58 Å². The van der Waals surface area contributed by atoms with E-state index in [1.165, 1.54) is 12.8 Å². The van der Waals surface area contributed by atoms with Crippen LogP contribution in [0.4, 0.5) is 0 Å². The number of nitrogens with zero attached hydrogens (tertiary/aromatic N) is 4. The van der Waals surface area contributed by atoms with Gasteiger partial charge in [-0.25, -0.2) is 0 Å². The number of nitrogens with one attached hydrogen (secondary N) is 1. The van der Waals surface area contributed by atoms with E-state index in [1.54, 1.807) is 4.68 Å². The molecule has 3 rings (SSSR count). The summed E-state index contributed by atoms with van der Waals surface area (Å²) in [5, 5.41) is 13.0. The predicted molar refractivity (Wildman–Crippen MR) is 104 cm³/mol. The van der Waals surface area contributed by atoms with Crippen LogP contribution in [0.3, 0.4) is 0 Å². The third-order valence-electron chi connectivity index (χ3n) is 5.02. The summed E-state index contributed by atoms with van der Waals surface area (Å²) in [5.74, 6) is 2.24. The molecule has 0 aromatic carbocycles. The van der Waals surface area contributed by atoms with Gasteiger partial charge < -0.3 is 9.84 Å². The molecule has 0 aliphatic carbocycles. The average Bonchev–Trinajstić information content (AvgIpc) is 3.28. The van der Waals surface area contributed by atoms with Crippen LogP contribution in [-0.4, -0.2) is 46.0 Å². The molecule has 0 saturated carbocycles. The highest BCUT2D eigenvalue weighted by molar-refractivity contribution is 6.30. The van der Waals surface area contributed by atoms with Gasteiger partial charge in [-0.1, -0.05) is 30.6 Å². The molecule has 3 heterocycles. The Morgan fingerprint density at radius 2 is 2.23 bits per heavy atom. The highest BCUT2D eigenvalue weighted by Crippen LogP contribution is 2.30. The Balaban J connectivity index is 1.60. The third-order valence-corrected chi connectivity index (χ3v) is 5.50. The number of hydrogen-bond donors (Lipinski definition) is 1. The van der Waals surface area contributed by atoms with Gasteiger partial charge in [0.1, 0.15) is 22.3 Å². The van der Waals surface area contributed by atoms with E-state index in [4.69, 9.17) is 16.1 Å². The summed E-state index contributed by atoms with van der Waals surface area (Å²) < 4.78 is 6.94. The van der Waals surface area contributed by atoms with Gasteiger partial charge in [0.15, 0.2) is 0 Å². The molecular weight excluding hydrogens is 350 g/mol. The van der Waals surface area contributed by atoms with Gasteiger partial charge in [-0.2, -0.15) is 5.10 Å². The molecule has 2 aromatic heterocycles. The first kappa shape index (κ1) is 19.4. The molecule has 1 aliphatic rings. The first-order valence-electron chi connectivity index (χ1n) is 9.52. The Bertz CT molecular complexity index is 724. The molecule has 1 atom stereocenters. The van der Waals surface area contributed by atoms with Gasteiger partial charge in [0.2, 0.25) is 0 Å². The minimum Gasteiger partial charge on any atom is -0.361 e. The molecule has 144 valence electrons. The second-order valence-corrected chi connectivity index (χ2v) is 8.20. The van der Waals surface area contributed by atoms with Crippen molar-refractivity contribution in [1.82, 2.24) is 25.2 Å². The number of aromatic nitrogens is 3. The largest absolute Gasteiger partial charge is 0.361 e. The topological polar surface area (TPSA) is 59.1 Å². The summed E-state index contributed by atoms with van der Waals surface area (Å²) >= 11 is 6.52. The highest BCUT2D eigenvalue weighted by Gasteiger charge is 2.26. The quantitative estimate of drug-likeness (QED) is 0.711. The molecule has 0 spiro atoms. The number of hydrogen-bond acceptors (Lipinski definition) is 5. The van der Waals surface area contributed by atoms with Crippen molar-refractivity contribution in [3.63, 3.8) is 0 Å². The van der Waals surface area contributed by atoms with Crippen LogP contribution in [0.1, 0.15) is 38.0 Å². The fraction of sp³-hybridized carbons (Fsp3) is 0.684. The maximum atomic E-state index is 6.52. The maximum absolute atomic E-state index is 6.52. The first-order chi connectivity index (χ1) is 12.4. The van der Waals surface area contributed by atoms with Crippen molar-refractivity contribution in [3.8, 4) is 11.4 Å². The van der Waals surface area contributed by atoms with Gasteiger partial charge in [0.05, 0.1) is 0 Å². The fourth-order valence-corrected chi connectivity index (χ4v) is 3.70. The van der Waals surface area contributed by atoms with Gasteiger partial charge in [-0.15, -0.1) is 0 Å². The van der Waals surface area contributed by atoms with Crippen LogP contribution in [0.5, 0.6) is 0 Å². The summed E-state index contributed by atoms with van der Waals surface area (Å²) in [6.45, 7) is 11.6. The molecular formula is C19H30ClN5O. The SMILES string of the molecule is Cc1cc(-c2nn(C)c(Cl)c2CN2CCC(CNCCC(C)C)C2)no1. The molecule has 6 nitrogen and oxygen atoms in total. The van der Waals surface area contributed by atoms with E-state index in [0.717, 1.165) is 61.4 Å². The lowest BCUT2D eigenvalue weighted by molar-refractivity contribution is 0.314. The predicted octanol–water partition coefficient (Wildman–Crippen LogP) is 3.49. The molecule has 0 amide bonds. The molecule has 0 bridgehead atoms. The van der Waals surface area contributed by atoms with E-state index in [-0.39, 0.29) is 0 Å². The zero-order valence-electron chi connectivity index (χ0n) is 16.3. The molecule has 0 radical (unpaired) electrons. The Kier molecular flexibility index (Phi) is 6.37. The molecule has 1 fully saturated rings. The van der Waals surface area contributed by atoms with E-state index in [9.17, 15) is 0 Å². The van der Waals surface area contributed by atoms with Crippen molar-refractivity contribution in [2.45, 2.75) is 40.2 Å². The molecule has 1 saturated heterocycles. The van der Waals surface area contributed by atoms with Crippen LogP contribution in [0, 0.1) is 18.8 Å². The van der Waals surface area contributed by atoms with E-state index >= 15 is 0 Å². The van der Waals surface area contributed by atoms with Crippen LogP contribution < -0.4 is 5.32 Å². The molecule has 1 aliphatic heterocycles. The molecule has 2 aromatic rings. The van der Waals surface area contributed by atoms with Crippen molar-refractivity contribution in [2.75, 3.05) is 26.2 Å². The van der Waals surface area contributed by atoms with Crippen LogP contribution >= 0.6 is 11.6 Å². The monoisotopic (exact) mass is 379 g/mol. The van der Waals surface area contributed by atoms with Gasteiger partial charge in [0.25, 0.3) is 0 Å². The smallest absolute Gasteiger partial charge is 0.134 e. The van der Waals surface area contributed by atoms with Crippen LogP contribution in [0.15, 0.2) is 10.6 Å². The lowest BCUT2D eigenvalue weighted by Crippen LogP contribution is -2.27. The van der Waals surface area contributed by atoms with E-state index in [2.05, 4.69) is 34.3 Å². The molecule has 7 heteroatoms. The summed E-state index contributed by atoms with van der Waals surface area (Å²) in [6, 6.07) is 1.91. The Morgan fingerprint density at radius 1 is 1.42 bits per heavy atom. The second kappa shape index (κ2) is 8.55. The molecule has 1 N–H and O–H groups in total. The fourth-order valence-electron chi connectivity index (χ4n) is 3.51. The van der Waals surface area contributed by atoms with Crippen molar-refractivity contribution >= 4 is 11.6 Å². The first-order valence-corrected chi connectivity index (χ1v) is 9.90. The van der Waals surface area contributed by atoms with Crippen molar-refractivity contribution in [2.24, 2.45) is 18.9 Å². The second-order valence-electron chi connectivity index (χ2n) is 7.84. The van der Waals surface area contributed by atoms with Gasteiger partial charge in [0, 0.05) is 31.8 Å². The molecule has 26 heavy (non-hydrogen) atoms. The minimum atomic E-state index is 0.680. The van der Waals surface area contributed by atoms with Gasteiger partial charge >= 0.3 is 0 Å². The minimum absolute atomic E-state index is 0.680. The Morgan fingerprint density at radius 3 is 2.92 bits per heavy atom. The summed E-state index contributed by atoms with van der Waals surface area (Å²) in [6.07, 6.45) is 2.47. The van der Waals surface area contributed by atoms with Crippen molar-refractivity contribution < 1.29 is 4.52 Å². The Labute approximate surface area is 160 Å². The number of aryl methyl sites for hydroxylation is 2. The summed E-state index contributed by atoms with van der Waals surface area (Å²) in [4.78, 5) is 2.47. The standard InChI is InChI=1S/C19H30ClN5O/c1-13(2)5-7-21-10-15-6-8-25(11-15)12-16-18(22-24(4)19(16)20)17-9-14(3)26-23-17/h9,13,15,21H,5-8,10-12H2,1-4H3. The lowest BCUT2D eigenvalue weighted by atomic mass is 10.1. The van der Waals surface area contributed by atoms with Gasteiger partial charge in [-0.05, 0) is 51.2 Å². The highest BCUT2D eigenvalue weighted by atomic mass is 35.5. The van der Waals surface area contributed by atoms with Crippen LogP contribution in [-0.2, 0) is 13.6 Å². The number of likely N-dealkylation sites (tertiary alicyclic amines) is 1. The van der Waals surface area contributed by atoms with E-state index in [1.807, 2.05) is 20.0 Å². The maximum Gasteiger partial charge on any atom is 0.134 e. The van der Waals surface area contributed by atoms with Crippen LogP contribution in [0.2, 0.25) is 5.15 Å².